The molecule has 0 spiro atoms. The van der Waals surface area contributed by atoms with Gasteiger partial charge < -0.3 is 19.9 Å². The number of aryl methyl sites for hydroxylation is 2. The first-order valence-corrected chi connectivity index (χ1v) is 10.9. The number of aliphatic hydroxyl groups is 1. The Morgan fingerprint density at radius 2 is 1.71 bits per heavy atom. The minimum Gasteiger partial charge on any atom is -0.486 e. The van der Waals surface area contributed by atoms with Crippen LogP contribution < -0.4 is 14.8 Å². The number of carbonyl (C=O) groups excluding carboxylic acids is 1. The van der Waals surface area contributed by atoms with Crippen molar-refractivity contribution in [2.75, 3.05) is 51.2 Å². The van der Waals surface area contributed by atoms with Gasteiger partial charge in [-0.25, -0.2) is 0 Å². The van der Waals surface area contributed by atoms with Crippen LogP contribution in [0.25, 0.3) is 0 Å². The fraction of sp³-hybridized carbons (Fsp3) is 0.458. The maximum Gasteiger partial charge on any atom is 0.238 e. The first-order chi connectivity index (χ1) is 15.0. The Bertz CT molecular complexity index is 894. The molecule has 7 heteroatoms. The van der Waals surface area contributed by atoms with Crippen LogP contribution in [0.1, 0.15) is 11.1 Å². The molecular formula is C24H31N3O4. The van der Waals surface area contributed by atoms with Crippen LogP contribution in [-0.4, -0.2) is 78.9 Å². The van der Waals surface area contributed by atoms with E-state index in [2.05, 4.69) is 15.1 Å². The summed E-state index contributed by atoms with van der Waals surface area (Å²) in [5.74, 6) is 1.42. The lowest BCUT2D eigenvalue weighted by Gasteiger charge is -2.37. The fourth-order valence-electron chi connectivity index (χ4n) is 3.94. The second-order valence-electron chi connectivity index (χ2n) is 8.48. The molecule has 1 amide bonds. The average Bonchev–Trinajstić information content (AvgIpc) is 2.76. The van der Waals surface area contributed by atoms with Crippen molar-refractivity contribution in [2.45, 2.75) is 26.1 Å². The van der Waals surface area contributed by atoms with Crippen molar-refractivity contribution >= 4 is 11.6 Å². The molecule has 2 N–H and O–H groups in total. The Kier molecular flexibility index (Phi) is 6.75. The number of aliphatic hydroxyl groups excluding tert-OH is 1. The van der Waals surface area contributed by atoms with Crippen LogP contribution in [0.5, 0.6) is 11.5 Å². The van der Waals surface area contributed by atoms with E-state index in [9.17, 15) is 9.90 Å². The summed E-state index contributed by atoms with van der Waals surface area (Å²) in [5.41, 5.74) is 3.11. The fourth-order valence-corrected chi connectivity index (χ4v) is 3.94. The second-order valence-corrected chi connectivity index (χ2v) is 8.48. The number of rotatable bonds is 6. The van der Waals surface area contributed by atoms with Crippen molar-refractivity contribution in [3.05, 3.63) is 53.6 Å². The van der Waals surface area contributed by atoms with Gasteiger partial charge in [-0.3, -0.25) is 14.6 Å². The zero-order valence-corrected chi connectivity index (χ0v) is 18.2. The maximum atomic E-state index is 12.3. The number of hydrogen-bond donors (Lipinski definition) is 2. The highest BCUT2D eigenvalue weighted by Gasteiger charge is 2.30. The van der Waals surface area contributed by atoms with Gasteiger partial charge in [0.1, 0.15) is 12.7 Å². The SMILES string of the molecule is Cc1ccc(NC(=O)CN2CCN(CC(O)C3COc4cc(C)ccc4O3)CC2)cc1. The van der Waals surface area contributed by atoms with E-state index in [1.54, 1.807) is 0 Å². The van der Waals surface area contributed by atoms with Gasteiger partial charge in [0.25, 0.3) is 0 Å². The van der Waals surface area contributed by atoms with Crippen molar-refractivity contribution < 1.29 is 19.4 Å². The molecule has 0 aliphatic carbocycles. The van der Waals surface area contributed by atoms with Crippen LogP contribution in [0, 0.1) is 13.8 Å². The minimum absolute atomic E-state index is 0.000931. The molecule has 2 aromatic carbocycles. The molecule has 2 aliphatic rings. The number of fused-ring (bicyclic) bond motifs is 1. The minimum atomic E-state index is -0.633. The summed E-state index contributed by atoms with van der Waals surface area (Å²) in [6, 6.07) is 13.6. The highest BCUT2D eigenvalue weighted by atomic mass is 16.6. The van der Waals surface area contributed by atoms with Crippen LogP contribution in [0.3, 0.4) is 0 Å². The molecular weight excluding hydrogens is 394 g/mol. The van der Waals surface area contributed by atoms with Gasteiger partial charge in [0.05, 0.1) is 6.54 Å². The summed E-state index contributed by atoms with van der Waals surface area (Å²) < 4.78 is 11.8. The third-order valence-corrected chi connectivity index (χ3v) is 5.82. The van der Waals surface area contributed by atoms with Crippen LogP contribution in [0.2, 0.25) is 0 Å². The number of hydrogen-bond acceptors (Lipinski definition) is 6. The highest BCUT2D eigenvalue weighted by molar-refractivity contribution is 5.92. The smallest absolute Gasteiger partial charge is 0.238 e. The van der Waals surface area contributed by atoms with Gasteiger partial charge in [-0.1, -0.05) is 23.8 Å². The zero-order chi connectivity index (χ0) is 21.8. The summed E-state index contributed by atoms with van der Waals surface area (Å²) in [4.78, 5) is 16.7. The largest absolute Gasteiger partial charge is 0.486 e. The molecule has 2 aromatic rings. The molecule has 166 valence electrons. The van der Waals surface area contributed by atoms with E-state index in [0.29, 0.717) is 25.4 Å². The molecule has 4 rings (SSSR count). The van der Waals surface area contributed by atoms with Crippen molar-refractivity contribution in [2.24, 2.45) is 0 Å². The first-order valence-electron chi connectivity index (χ1n) is 10.9. The zero-order valence-electron chi connectivity index (χ0n) is 18.2. The Morgan fingerprint density at radius 3 is 2.45 bits per heavy atom. The number of carbonyl (C=O) groups is 1. The third-order valence-electron chi connectivity index (χ3n) is 5.82. The van der Waals surface area contributed by atoms with E-state index in [0.717, 1.165) is 43.2 Å². The van der Waals surface area contributed by atoms with Gasteiger partial charge in [-0.05, 0) is 43.7 Å². The van der Waals surface area contributed by atoms with E-state index < -0.39 is 6.10 Å². The number of anilines is 1. The number of nitrogens with one attached hydrogen (secondary N) is 1. The van der Waals surface area contributed by atoms with Crippen LogP contribution >= 0.6 is 0 Å². The number of amides is 1. The Morgan fingerprint density at radius 1 is 1.03 bits per heavy atom. The topological polar surface area (TPSA) is 74.3 Å². The van der Waals surface area contributed by atoms with E-state index in [-0.39, 0.29) is 12.0 Å². The number of nitrogens with zero attached hydrogens (tertiary/aromatic N) is 2. The summed E-state index contributed by atoms with van der Waals surface area (Å²) in [6.07, 6.45) is -1.01. The van der Waals surface area contributed by atoms with Gasteiger partial charge in [0, 0.05) is 38.4 Å². The molecule has 2 heterocycles. The molecule has 2 aliphatic heterocycles. The Hall–Kier alpha value is -2.61. The first kappa shape index (κ1) is 21.6. The van der Waals surface area contributed by atoms with Gasteiger partial charge in [0.15, 0.2) is 17.6 Å². The van der Waals surface area contributed by atoms with Crippen molar-refractivity contribution in [1.29, 1.82) is 0 Å². The maximum absolute atomic E-state index is 12.3. The van der Waals surface area contributed by atoms with E-state index in [1.165, 1.54) is 5.56 Å². The highest BCUT2D eigenvalue weighted by Crippen LogP contribution is 2.33. The van der Waals surface area contributed by atoms with Gasteiger partial charge in [-0.2, -0.15) is 0 Å². The quantitative estimate of drug-likeness (QED) is 0.738. The predicted molar refractivity (Wildman–Crippen MR) is 120 cm³/mol. The van der Waals surface area contributed by atoms with Crippen molar-refractivity contribution in [3.63, 3.8) is 0 Å². The second kappa shape index (κ2) is 9.68. The van der Waals surface area contributed by atoms with E-state index >= 15 is 0 Å². The lowest BCUT2D eigenvalue weighted by atomic mass is 10.1. The van der Waals surface area contributed by atoms with E-state index in [4.69, 9.17) is 9.47 Å². The number of piperazine rings is 1. The molecule has 0 saturated carbocycles. The molecule has 0 aromatic heterocycles. The lowest BCUT2D eigenvalue weighted by molar-refractivity contribution is -0.117. The summed E-state index contributed by atoms with van der Waals surface area (Å²) in [6.45, 7) is 8.47. The number of β-amino-alcohol motifs (C(OH)–C–C–N with tert-alkyl or cyclic N) is 1. The molecule has 0 bridgehead atoms. The number of benzene rings is 2. The van der Waals surface area contributed by atoms with Crippen LogP contribution in [0.4, 0.5) is 5.69 Å². The van der Waals surface area contributed by atoms with Crippen molar-refractivity contribution in [3.8, 4) is 11.5 Å². The molecule has 31 heavy (non-hydrogen) atoms. The predicted octanol–water partition coefficient (Wildman–Crippen LogP) is 2.06. The lowest BCUT2D eigenvalue weighted by Crippen LogP contribution is -2.53. The monoisotopic (exact) mass is 425 g/mol. The molecule has 7 nitrogen and oxygen atoms in total. The molecule has 1 fully saturated rings. The van der Waals surface area contributed by atoms with Crippen molar-refractivity contribution in [1.82, 2.24) is 9.80 Å². The summed E-state index contributed by atoms with van der Waals surface area (Å²) in [7, 11) is 0. The molecule has 2 unspecified atom stereocenters. The standard InChI is InChI=1S/C24H31N3O4/c1-17-3-6-19(7-4-17)25-24(29)15-27-11-9-26(10-12-27)14-20(28)23-16-30-22-13-18(2)5-8-21(22)31-23/h3-8,13,20,23,28H,9-12,14-16H2,1-2H3,(H,25,29). The van der Waals surface area contributed by atoms with Crippen LogP contribution in [-0.2, 0) is 4.79 Å². The Balaban J connectivity index is 1.20. The molecule has 1 saturated heterocycles. The number of ether oxygens (including phenoxy) is 2. The normalized spacial score (nSPS) is 20.3. The van der Waals surface area contributed by atoms with Crippen LogP contribution in [0.15, 0.2) is 42.5 Å². The molecule has 2 atom stereocenters. The average molecular weight is 426 g/mol. The summed E-state index contributed by atoms with van der Waals surface area (Å²) in [5, 5.41) is 13.6. The molecule has 0 radical (unpaired) electrons. The van der Waals surface area contributed by atoms with Gasteiger partial charge in [-0.15, -0.1) is 0 Å². The third kappa shape index (κ3) is 5.76. The summed E-state index contributed by atoms with van der Waals surface area (Å²) >= 11 is 0. The van der Waals surface area contributed by atoms with Gasteiger partial charge in [0.2, 0.25) is 5.91 Å². The van der Waals surface area contributed by atoms with E-state index in [1.807, 2.05) is 56.3 Å². The Labute approximate surface area is 183 Å². The van der Waals surface area contributed by atoms with Gasteiger partial charge >= 0.3 is 0 Å².